The maximum atomic E-state index is 13.5. The van der Waals surface area contributed by atoms with Gasteiger partial charge in [-0.05, 0) is 76.7 Å². The summed E-state index contributed by atoms with van der Waals surface area (Å²) in [5.74, 6) is 0.420. The normalized spacial score (nSPS) is 11.1. The van der Waals surface area contributed by atoms with Crippen molar-refractivity contribution in [2.24, 2.45) is 0 Å². The number of nitrogens with one attached hydrogen (secondary N) is 2. The fourth-order valence-corrected chi connectivity index (χ4v) is 4.91. The second kappa shape index (κ2) is 13.4. The minimum Gasteiger partial charge on any atom is -0.378 e. The molecular weight excluding hydrogens is 546 g/mol. The van der Waals surface area contributed by atoms with Crippen LogP contribution in [0.25, 0.3) is 11.8 Å². The number of carbonyl (C=O) groups is 2. The molecule has 0 bridgehead atoms. The zero-order valence-electron chi connectivity index (χ0n) is 23.1. The number of aromatic nitrogens is 4. The first kappa shape index (κ1) is 28.3. The minimum atomic E-state index is -0.439. The molecule has 0 unspecified atom stereocenters. The van der Waals surface area contributed by atoms with Crippen LogP contribution in [0.4, 0.5) is 11.4 Å². The molecule has 0 aliphatic carbocycles. The quantitative estimate of drug-likeness (QED) is 0.169. The number of para-hydroxylation sites is 1. The molecule has 9 nitrogen and oxygen atoms in total. The molecule has 0 aliphatic heterocycles. The Morgan fingerprint density at radius 1 is 0.881 bits per heavy atom. The summed E-state index contributed by atoms with van der Waals surface area (Å²) >= 11 is 1.55. The molecule has 0 saturated carbocycles. The summed E-state index contributed by atoms with van der Waals surface area (Å²) < 4.78 is 1.70. The summed E-state index contributed by atoms with van der Waals surface area (Å²) in [4.78, 5) is 29.4. The van der Waals surface area contributed by atoms with Gasteiger partial charge in [-0.2, -0.15) is 4.68 Å². The molecule has 5 rings (SSSR count). The molecular formula is C32H29N7O2S. The van der Waals surface area contributed by atoms with E-state index in [1.807, 2.05) is 97.9 Å². The fourth-order valence-electron chi connectivity index (χ4n) is 4.05. The Balaban J connectivity index is 1.32. The van der Waals surface area contributed by atoms with Gasteiger partial charge < -0.3 is 15.5 Å². The number of hydrogen-bond donors (Lipinski definition) is 2. The van der Waals surface area contributed by atoms with Crippen molar-refractivity contribution in [2.45, 2.75) is 10.6 Å². The first-order valence-corrected chi connectivity index (χ1v) is 14.2. The molecule has 210 valence electrons. The lowest BCUT2D eigenvalue weighted by Gasteiger charge is -2.14. The second-order valence-corrected chi connectivity index (χ2v) is 10.5. The first-order chi connectivity index (χ1) is 20.5. The Hall–Kier alpha value is -5.22. The Morgan fingerprint density at radius 2 is 1.60 bits per heavy atom. The van der Waals surface area contributed by atoms with E-state index in [4.69, 9.17) is 0 Å². The third-order valence-electron chi connectivity index (χ3n) is 6.24. The molecule has 2 N–H and O–H groups in total. The van der Waals surface area contributed by atoms with Crippen molar-refractivity contribution >= 4 is 41.0 Å². The van der Waals surface area contributed by atoms with Crippen molar-refractivity contribution in [1.29, 1.82) is 0 Å². The van der Waals surface area contributed by atoms with Gasteiger partial charge in [0.25, 0.3) is 11.8 Å². The zero-order chi connectivity index (χ0) is 29.3. The molecule has 5 aromatic rings. The topological polar surface area (TPSA) is 105 Å². The van der Waals surface area contributed by atoms with Crippen molar-refractivity contribution in [2.75, 3.05) is 24.3 Å². The van der Waals surface area contributed by atoms with Crippen molar-refractivity contribution < 1.29 is 9.59 Å². The van der Waals surface area contributed by atoms with E-state index in [1.165, 1.54) is 0 Å². The standard InChI is InChI=1S/C32H29N7O2S/c1-38(2)26-18-16-23(17-19-26)20-29(34-31(40)24-10-5-3-6-11-24)32(41)33-25-12-9-15-28(21-25)42-22-30-35-36-37-39(30)27-13-7-4-8-14-27/h3-21H,22H2,1-2H3,(H,33,41)(H,34,40)/b29-20+. The molecule has 10 heteroatoms. The number of thioether (sulfide) groups is 1. The number of anilines is 2. The lowest BCUT2D eigenvalue weighted by Crippen LogP contribution is -2.30. The van der Waals surface area contributed by atoms with Crippen LogP contribution in [0.5, 0.6) is 0 Å². The summed E-state index contributed by atoms with van der Waals surface area (Å²) in [7, 11) is 3.92. The van der Waals surface area contributed by atoms with Crippen LogP contribution >= 0.6 is 11.8 Å². The van der Waals surface area contributed by atoms with Gasteiger partial charge in [0.05, 0.1) is 11.4 Å². The molecule has 0 spiro atoms. The molecule has 42 heavy (non-hydrogen) atoms. The Bertz CT molecular complexity index is 1690. The highest BCUT2D eigenvalue weighted by molar-refractivity contribution is 7.98. The summed E-state index contributed by atoms with van der Waals surface area (Å²) in [6.45, 7) is 0. The van der Waals surface area contributed by atoms with Gasteiger partial charge in [0, 0.05) is 35.9 Å². The predicted octanol–water partition coefficient (Wildman–Crippen LogP) is 5.43. The molecule has 0 radical (unpaired) electrons. The molecule has 1 heterocycles. The van der Waals surface area contributed by atoms with E-state index in [2.05, 4.69) is 26.2 Å². The highest BCUT2D eigenvalue weighted by atomic mass is 32.2. The number of benzene rings is 4. The zero-order valence-corrected chi connectivity index (χ0v) is 24.0. The molecule has 0 atom stereocenters. The summed E-state index contributed by atoms with van der Waals surface area (Å²) in [5.41, 5.74) is 3.86. The Kier molecular flexibility index (Phi) is 9.05. The summed E-state index contributed by atoms with van der Waals surface area (Å²) in [6, 6.07) is 33.7. The van der Waals surface area contributed by atoms with Crippen LogP contribution in [0.15, 0.2) is 120 Å². The van der Waals surface area contributed by atoms with E-state index in [9.17, 15) is 9.59 Å². The van der Waals surface area contributed by atoms with Crippen LogP contribution in [0.3, 0.4) is 0 Å². The molecule has 0 fully saturated rings. The summed E-state index contributed by atoms with van der Waals surface area (Å²) in [5, 5.41) is 17.8. The van der Waals surface area contributed by atoms with E-state index < -0.39 is 5.91 Å². The maximum Gasteiger partial charge on any atom is 0.272 e. The number of carbonyl (C=O) groups excluding carboxylic acids is 2. The van der Waals surface area contributed by atoms with Crippen LogP contribution in [0, 0.1) is 0 Å². The van der Waals surface area contributed by atoms with Crippen molar-refractivity contribution in [3.63, 3.8) is 0 Å². The van der Waals surface area contributed by atoms with Gasteiger partial charge in [-0.1, -0.05) is 54.6 Å². The van der Waals surface area contributed by atoms with Crippen molar-refractivity contribution in [3.8, 4) is 5.69 Å². The van der Waals surface area contributed by atoms with Crippen LogP contribution in [-0.2, 0) is 10.5 Å². The van der Waals surface area contributed by atoms with Crippen LogP contribution in [-0.4, -0.2) is 46.1 Å². The highest BCUT2D eigenvalue weighted by Crippen LogP contribution is 2.25. The van der Waals surface area contributed by atoms with E-state index in [0.29, 0.717) is 22.8 Å². The third kappa shape index (κ3) is 7.29. The maximum absolute atomic E-state index is 13.5. The molecule has 2 amide bonds. The Labute approximate surface area is 248 Å². The fraction of sp³-hybridized carbons (Fsp3) is 0.0938. The van der Waals surface area contributed by atoms with E-state index in [0.717, 1.165) is 21.8 Å². The molecule has 0 saturated heterocycles. The van der Waals surface area contributed by atoms with Crippen LogP contribution < -0.4 is 15.5 Å². The van der Waals surface area contributed by atoms with Crippen molar-refractivity contribution in [1.82, 2.24) is 25.5 Å². The molecule has 4 aromatic carbocycles. The lowest BCUT2D eigenvalue weighted by molar-refractivity contribution is -0.113. The first-order valence-electron chi connectivity index (χ1n) is 13.2. The van der Waals surface area contributed by atoms with Gasteiger partial charge >= 0.3 is 0 Å². The predicted molar refractivity (Wildman–Crippen MR) is 166 cm³/mol. The number of rotatable bonds is 10. The van der Waals surface area contributed by atoms with Gasteiger partial charge in [0.2, 0.25) is 0 Å². The van der Waals surface area contributed by atoms with Gasteiger partial charge in [0.1, 0.15) is 5.70 Å². The summed E-state index contributed by atoms with van der Waals surface area (Å²) in [6.07, 6.45) is 1.66. The number of amides is 2. The van der Waals surface area contributed by atoms with Crippen LogP contribution in [0.2, 0.25) is 0 Å². The van der Waals surface area contributed by atoms with E-state index >= 15 is 0 Å². The van der Waals surface area contributed by atoms with Gasteiger partial charge in [-0.15, -0.1) is 16.9 Å². The molecule has 1 aromatic heterocycles. The SMILES string of the molecule is CN(C)c1ccc(/C=C(/NC(=O)c2ccccc2)C(=O)Nc2cccc(SCc3nnnn3-c3ccccc3)c2)cc1. The number of hydrogen-bond acceptors (Lipinski definition) is 7. The van der Waals surface area contributed by atoms with Gasteiger partial charge in [-0.3, -0.25) is 9.59 Å². The van der Waals surface area contributed by atoms with Gasteiger partial charge in [0.15, 0.2) is 5.82 Å². The van der Waals surface area contributed by atoms with Gasteiger partial charge in [-0.25, -0.2) is 0 Å². The second-order valence-electron chi connectivity index (χ2n) is 9.48. The molecule has 0 aliphatic rings. The van der Waals surface area contributed by atoms with E-state index in [1.54, 1.807) is 52.9 Å². The largest absolute Gasteiger partial charge is 0.378 e. The van der Waals surface area contributed by atoms with Crippen LogP contribution in [0.1, 0.15) is 21.7 Å². The monoisotopic (exact) mass is 575 g/mol. The average molecular weight is 576 g/mol. The number of nitrogens with zero attached hydrogens (tertiary/aromatic N) is 5. The average Bonchev–Trinajstić information content (AvgIpc) is 3.50. The van der Waals surface area contributed by atoms with E-state index in [-0.39, 0.29) is 11.6 Å². The highest BCUT2D eigenvalue weighted by Gasteiger charge is 2.16. The van der Waals surface area contributed by atoms with Crippen molar-refractivity contribution in [3.05, 3.63) is 132 Å². The third-order valence-corrected chi connectivity index (χ3v) is 7.23. The minimum absolute atomic E-state index is 0.126. The lowest BCUT2D eigenvalue weighted by atomic mass is 10.1. The Morgan fingerprint density at radius 3 is 2.31 bits per heavy atom. The number of tetrazole rings is 1. The smallest absolute Gasteiger partial charge is 0.272 e.